The van der Waals surface area contributed by atoms with Gasteiger partial charge in [0.25, 0.3) is 0 Å². The van der Waals surface area contributed by atoms with Crippen LogP contribution < -0.4 is 5.73 Å². The maximum Gasteiger partial charge on any atom is 0.243 e. The molecule has 1 aromatic carbocycles. The van der Waals surface area contributed by atoms with Crippen LogP contribution in [0.15, 0.2) is 17.0 Å². The number of rotatable bonds is 5. The second kappa shape index (κ2) is 5.09. The number of anilines is 1. The molecule has 0 radical (unpaired) electrons. The second-order valence-corrected chi connectivity index (χ2v) is 6.86. The molecule has 1 aliphatic rings. The number of nitrogens with zero attached hydrogens (tertiary/aromatic N) is 1. The summed E-state index contributed by atoms with van der Waals surface area (Å²) in [6.07, 6.45) is 2.49. The van der Waals surface area contributed by atoms with Crippen molar-refractivity contribution in [1.82, 2.24) is 4.31 Å². The van der Waals surface area contributed by atoms with Crippen LogP contribution in [0.2, 0.25) is 0 Å². The van der Waals surface area contributed by atoms with E-state index in [1.807, 2.05) is 6.92 Å². The lowest BCUT2D eigenvalue weighted by Crippen LogP contribution is -2.34. The molecule has 0 amide bonds. The minimum absolute atomic E-state index is 0.0477. The Morgan fingerprint density at radius 1 is 1.42 bits per heavy atom. The predicted molar refractivity (Wildman–Crippen MR) is 72.8 cm³/mol. The van der Waals surface area contributed by atoms with Crippen molar-refractivity contribution in [3.63, 3.8) is 0 Å². The highest BCUT2D eigenvalue weighted by Gasteiger charge is 2.37. The molecule has 106 valence electrons. The van der Waals surface area contributed by atoms with Crippen molar-refractivity contribution in [2.24, 2.45) is 0 Å². The number of nitrogens with two attached hydrogens (primary N) is 1. The van der Waals surface area contributed by atoms with E-state index < -0.39 is 15.8 Å². The third-order valence-corrected chi connectivity index (χ3v) is 5.29. The predicted octanol–water partition coefficient (Wildman–Crippen LogP) is 2.28. The smallest absolute Gasteiger partial charge is 0.243 e. The summed E-state index contributed by atoms with van der Waals surface area (Å²) in [6.45, 7) is 3.92. The van der Waals surface area contributed by atoms with Gasteiger partial charge in [-0.3, -0.25) is 0 Å². The number of sulfonamides is 1. The zero-order chi connectivity index (χ0) is 14.2. The van der Waals surface area contributed by atoms with Crippen molar-refractivity contribution in [2.75, 3.05) is 12.3 Å². The molecule has 4 nitrogen and oxygen atoms in total. The maximum absolute atomic E-state index is 13.7. The Morgan fingerprint density at radius 3 is 2.53 bits per heavy atom. The van der Waals surface area contributed by atoms with Crippen LogP contribution in [0.4, 0.5) is 10.1 Å². The van der Waals surface area contributed by atoms with Crippen LogP contribution in [-0.4, -0.2) is 25.3 Å². The number of hydrogen-bond acceptors (Lipinski definition) is 3. The van der Waals surface area contributed by atoms with Crippen molar-refractivity contribution >= 4 is 15.7 Å². The molecule has 0 aromatic heterocycles. The van der Waals surface area contributed by atoms with Gasteiger partial charge in [-0.25, -0.2) is 12.8 Å². The molecule has 0 spiro atoms. The van der Waals surface area contributed by atoms with Gasteiger partial charge in [-0.2, -0.15) is 4.31 Å². The van der Waals surface area contributed by atoms with Gasteiger partial charge in [-0.05, 0) is 38.3 Å². The van der Waals surface area contributed by atoms with Gasteiger partial charge in [-0.15, -0.1) is 0 Å². The Morgan fingerprint density at radius 2 is 2.05 bits per heavy atom. The zero-order valence-corrected chi connectivity index (χ0v) is 12.0. The van der Waals surface area contributed by atoms with Crippen LogP contribution in [0, 0.1) is 12.7 Å². The van der Waals surface area contributed by atoms with Crippen molar-refractivity contribution in [3.05, 3.63) is 23.5 Å². The van der Waals surface area contributed by atoms with Gasteiger partial charge in [0, 0.05) is 23.8 Å². The van der Waals surface area contributed by atoms with Crippen molar-refractivity contribution in [3.8, 4) is 0 Å². The lowest BCUT2D eigenvalue weighted by Gasteiger charge is -2.21. The Bertz CT molecular complexity index is 559. The summed E-state index contributed by atoms with van der Waals surface area (Å²) >= 11 is 0. The molecule has 0 bridgehead atoms. The van der Waals surface area contributed by atoms with Crippen molar-refractivity contribution < 1.29 is 12.8 Å². The van der Waals surface area contributed by atoms with Crippen LogP contribution in [0.25, 0.3) is 0 Å². The van der Waals surface area contributed by atoms with Gasteiger partial charge < -0.3 is 5.73 Å². The molecule has 0 saturated heterocycles. The van der Waals surface area contributed by atoms with E-state index in [0.29, 0.717) is 6.54 Å². The Balaban J connectivity index is 2.43. The van der Waals surface area contributed by atoms with E-state index in [9.17, 15) is 12.8 Å². The summed E-state index contributed by atoms with van der Waals surface area (Å²) in [5.41, 5.74) is 6.12. The topological polar surface area (TPSA) is 63.4 Å². The highest BCUT2D eigenvalue weighted by Crippen LogP contribution is 2.33. The molecular formula is C13H19FN2O2S. The fourth-order valence-electron chi connectivity index (χ4n) is 2.04. The van der Waals surface area contributed by atoms with Crippen LogP contribution in [0.3, 0.4) is 0 Å². The highest BCUT2D eigenvalue weighted by atomic mass is 32.2. The first kappa shape index (κ1) is 14.3. The standard InChI is InChI=1S/C13H19FN2O2S/c1-3-6-16(10-4-5-10)19(17,18)11-7-12(14)9(2)13(15)8-11/h7-8,10H,3-6,15H2,1-2H3. The molecule has 1 saturated carbocycles. The van der Waals surface area contributed by atoms with Crippen molar-refractivity contribution in [1.29, 1.82) is 0 Å². The summed E-state index contributed by atoms with van der Waals surface area (Å²) in [6, 6.07) is 2.47. The van der Waals surface area contributed by atoms with Gasteiger partial charge in [-0.1, -0.05) is 6.92 Å². The zero-order valence-electron chi connectivity index (χ0n) is 11.2. The summed E-state index contributed by atoms with van der Waals surface area (Å²) in [4.78, 5) is -0.0477. The van der Waals surface area contributed by atoms with E-state index in [1.54, 1.807) is 0 Å². The third-order valence-electron chi connectivity index (χ3n) is 3.36. The van der Waals surface area contributed by atoms with E-state index in [1.165, 1.54) is 17.3 Å². The SMILES string of the molecule is CCCN(C1CC1)S(=O)(=O)c1cc(N)c(C)c(F)c1. The van der Waals surface area contributed by atoms with E-state index in [2.05, 4.69) is 0 Å². The maximum atomic E-state index is 13.7. The monoisotopic (exact) mass is 286 g/mol. The van der Waals surface area contributed by atoms with Crippen molar-refractivity contribution in [2.45, 2.75) is 44.0 Å². The molecule has 19 heavy (non-hydrogen) atoms. The first-order valence-corrected chi connectivity index (χ1v) is 7.89. The summed E-state index contributed by atoms with van der Waals surface area (Å²) < 4.78 is 40.2. The molecule has 0 unspecified atom stereocenters. The minimum Gasteiger partial charge on any atom is -0.398 e. The van der Waals surface area contributed by atoms with Gasteiger partial charge in [0.1, 0.15) is 5.82 Å². The molecular weight excluding hydrogens is 267 g/mol. The fourth-order valence-corrected chi connectivity index (χ4v) is 3.87. The van der Waals surface area contributed by atoms with Gasteiger partial charge in [0.05, 0.1) is 4.90 Å². The summed E-state index contributed by atoms with van der Waals surface area (Å²) in [5.74, 6) is -0.578. The molecule has 6 heteroatoms. The van der Waals surface area contributed by atoms with E-state index in [0.717, 1.165) is 25.3 Å². The van der Waals surface area contributed by atoms with Gasteiger partial charge >= 0.3 is 0 Å². The Kier molecular flexibility index (Phi) is 3.82. The molecule has 1 aliphatic carbocycles. The largest absolute Gasteiger partial charge is 0.398 e. The number of benzene rings is 1. The average Bonchev–Trinajstić information content (AvgIpc) is 3.16. The number of hydrogen-bond donors (Lipinski definition) is 1. The molecule has 2 N–H and O–H groups in total. The minimum atomic E-state index is -3.65. The second-order valence-electron chi connectivity index (χ2n) is 4.97. The van der Waals surface area contributed by atoms with Crippen LogP contribution in [-0.2, 0) is 10.0 Å². The van der Waals surface area contributed by atoms with Gasteiger partial charge in [0.2, 0.25) is 10.0 Å². The van der Waals surface area contributed by atoms with E-state index in [4.69, 9.17) is 5.73 Å². The highest BCUT2D eigenvalue weighted by molar-refractivity contribution is 7.89. The fraction of sp³-hybridized carbons (Fsp3) is 0.538. The van der Waals surface area contributed by atoms with Crippen LogP contribution >= 0.6 is 0 Å². The molecule has 2 rings (SSSR count). The normalized spacial score (nSPS) is 16.0. The first-order valence-electron chi connectivity index (χ1n) is 6.45. The van der Waals surface area contributed by atoms with Crippen LogP contribution in [0.1, 0.15) is 31.7 Å². The molecule has 0 atom stereocenters. The average molecular weight is 286 g/mol. The number of halogens is 1. The lowest BCUT2D eigenvalue weighted by molar-refractivity contribution is 0.403. The van der Waals surface area contributed by atoms with Crippen LogP contribution in [0.5, 0.6) is 0 Å². The third kappa shape index (κ3) is 2.74. The number of nitrogen functional groups attached to an aromatic ring is 1. The molecule has 0 heterocycles. The molecule has 0 aliphatic heterocycles. The Labute approximate surface area is 113 Å². The Hall–Kier alpha value is -1.14. The van der Waals surface area contributed by atoms with E-state index in [-0.39, 0.29) is 22.2 Å². The summed E-state index contributed by atoms with van der Waals surface area (Å²) in [5, 5.41) is 0. The summed E-state index contributed by atoms with van der Waals surface area (Å²) in [7, 11) is -3.65. The van der Waals surface area contributed by atoms with E-state index >= 15 is 0 Å². The quantitative estimate of drug-likeness (QED) is 0.845. The lowest BCUT2D eigenvalue weighted by atomic mass is 10.2. The molecule has 1 aromatic rings. The molecule has 1 fully saturated rings. The van der Waals surface area contributed by atoms with Gasteiger partial charge in [0.15, 0.2) is 0 Å². The first-order chi connectivity index (χ1) is 8.87.